The van der Waals surface area contributed by atoms with Crippen LogP contribution in [0.3, 0.4) is 0 Å². The van der Waals surface area contributed by atoms with Crippen LogP contribution in [-0.2, 0) is 0 Å². The van der Waals surface area contributed by atoms with Crippen LogP contribution in [0.25, 0.3) is 0 Å². The number of ether oxygens (including phenoxy) is 1. The van der Waals surface area contributed by atoms with Crippen LogP contribution in [0.5, 0.6) is 5.75 Å². The molecule has 2 rings (SSSR count). The Morgan fingerprint density at radius 3 is 2.52 bits per heavy atom. The van der Waals surface area contributed by atoms with Crippen LogP contribution in [0.15, 0.2) is 59.6 Å². The molecule has 1 atom stereocenters. The van der Waals surface area contributed by atoms with Crippen LogP contribution in [0.4, 0.5) is 4.39 Å². The zero-order valence-corrected chi connectivity index (χ0v) is 18.7. The maximum Gasteiger partial charge on any atom is 0.130 e. The highest BCUT2D eigenvalue weighted by Gasteiger charge is 2.18. The molecule has 0 aliphatic carbocycles. The molecule has 3 nitrogen and oxygen atoms in total. The fraction of sp³-hybridized carbons (Fsp3) is 0.417. The minimum Gasteiger partial charge on any atom is -0.493 e. The number of rotatable bonds is 13. The summed E-state index contributed by atoms with van der Waals surface area (Å²) < 4.78 is 21.3. The van der Waals surface area contributed by atoms with Crippen molar-refractivity contribution < 1.29 is 14.2 Å². The van der Waals surface area contributed by atoms with Gasteiger partial charge in [0.1, 0.15) is 11.6 Å². The first kappa shape index (κ1) is 23.6. The molecule has 0 unspecified atom stereocenters. The van der Waals surface area contributed by atoms with Crippen molar-refractivity contribution in [2.75, 3.05) is 33.4 Å². The van der Waals surface area contributed by atoms with E-state index in [9.17, 15) is 9.50 Å². The van der Waals surface area contributed by atoms with E-state index in [0.29, 0.717) is 17.9 Å². The summed E-state index contributed by atoms with van der Waals surface area (Å²) in [4.78, 5) is 2.25. The summed E-state index contributed by atoms with van der Waals surface area (Å²) >= 11 is 3.39. The molecule has 2 aromatic carbocycles. The van der Waals surface area contributed by atoms with Crippen LogP contribution in [-0.4, -0.2) is 43.4 Å². The van der Waals surface area contributed by atoms with Gasteiger partial charge in [-0.1, -0.05) is 53.0 Å². The summed E-state index contributed by atoms with van der Waals surface area (Å²) in [5.41, 5.74) is 1.35. The number of aliphatic hydroxyl groups is 1. The lowest BCUT2D eigenvalue weighted by Crippen LogP contribution is -2.19. The number of nitrogens with zero attached hydrogens (tertiary/aromatic N) is 1. The van der Waals surface area contributed by atoms with E-state index in [1.165, 1.54) is 6.07 Å². The quantitative estimate of drug-likeness (QED) is 0.302. The molecule has 1 N–H and O–H groups in total. The molecule has 158 valence electrons. The second-order valence-electron chi connectivity index (χ2n) is 7.28. The number of likely N-dealkylation sites (N-methyl/N-ethyl adjacent to an activating group) is 1. The average molecular weight is 464 g/mol. The summed E-state index contributed by atoms with van der Waals surface area (Å²) in [7, 11) is 2.10. The van der Waals surface area contributed by atoms with Crippen molar-refractivity contribution in [3.63, 3.8) is 0 Å². The second-order valence-corrected chi connectivity index (χ2v) is 8.20. The zero-order valence-electron chi connectivity index (χ0n) is 17.1. The van der Waals surface area contributed by atoms with Gasteiger partial charge >= 0.3 is 0 Å². The summed E-state index contributed by atoms with van der Waals surface area (Å²) in [6.07, 6.45) is 6.28. The molecule has 0 aliphatic rings. The minimum absolute atomic E-state index is 0.152. The van der Waals surface area contributed by atoms with Gasteiger partial charge in [-0.15, -0.1) is 6.58 Å². The van der Waals surface area contributed by atoms with E-state index in [4.69, 9.17) is 4.74 Å². The van der Waals surface area contributed by atoms with Gasteiger partial charge in [0.2, 0.25) is 0 Å². The Morgan fingerprint density at radius 1 is 1.14 bits per heavy atom. The van der Waals surface area contributed by atoms with Gasteiger partial charge in [0.25, 0.3) is 0 Å². The third kappa shape index (κ3) is 7.92. The molecular formula is C24H31BrFNO2. The highest BCUT2D eigenvalue weighted by atomic mass is 79.9. The predicted octanol–water partition coefficient (Wildman–Crippen LogP) is 5.77. The molecule has 0 radical (unpaired) electrons. The van der Waals surface area contributed by atoms with Gasteiger partial charge in [-0.05, 0) is 55.8 Å². The minimum atomic E-state index is -0.392. The number of hydrogen-bond donors (Lipinski definition) is 1. The Labute approximate surface area is 182 Å². The topological polar surface area (TPSA) is 32.7 Å². The zero-order chi connectivity index (χ0) is 21.1. The van der Waals surface area contributed by atoms with E-state index >= 15 is 0 Å². The largest absolute Gasteiger partial charge is 0.493 e. The van der Waals surface area contributed by atoms with Crippen molar-refractivity contribution in [1.29, 1.82) is 0 Å². The van der Waals surface area contributed by atoms with Crippen molar-refractivity contribution >= 4 is 15.9 Å². The lowest BCUT2D eigenvalue weighted by atomic mass is 9.91. The Balaban J connectivity index is 1.80. The van der Waals surface area contributed by atoms with E-state index in [1.807, 2.05) is 30.3 Å². The molecule has 0 fully saturated rings. The normalized spacial score (nSPS) is 12.2. The SMILES string of the molecule is C=CCN(C)CCCCCCOc1ccc([C@@H](CO)c2ccc(Br)cc2)c(F)c1. The number of halogens is 2. The Bertz CT molecular complexity index is 751. The van der Waals surface area contributed by atoms with Crippen LogP contribution >= 0.6 is 15.9 Å². The van der Waals surface area contributed by atoms with Gasteiger partial charge in [0.05, 0.1) is 13.2 Å². The molecule has 0 spiro atoms. The molecule has 0 aliphatic heterocycles. The highest BCUT2D eigenvalue weighted by Crippen LogP contribution is 2.29. The van der Waals surface area contributed by atoms with Crippen molar-refractivity contribution in [2.24, 2.45) is 0 Å². The molecule has 2 aromatic rings. The lowest BCUT2D eigenvalue weighted by Gasteiger charge is -2.17. The van der Waals surface area contributed by atoms with Crippen LogP contribution in [0.1, 0.15) is 42.7 Å². The lowest BCUT2D eigenvalue weighted by molar-refractivity contribution is 0.277. The third-order valence-electron chi connectivity index (χ3n) is 4.95. The maximum absolute atomic E-state index is 14.7. The molecule has 29 heavy (non-hydrogen) atoms. The monoisotopic (exact) mass is 463 g/mol. The van der Waals surface area contributed by atoms with E-state index in [2.05, 4.69) is 34.5 Å². The maximum atomic E-state index is 14.7. The van der Waals surface area contributed by atoms with E-state index in [0.717, 1.165) is 48.8 Å². The van der Waals surface area contributed by atoms with E-state index in [-0.39, 0.29) is 12.4 Å². The number of aliphatic hydroxyl groups excluding tert-OH is 1. The first-order valence-electron chi connectivity index (χ1n) is 10.1. The molecule has 0 aromatic heterocycles. The van der Waals surface area contributed by atoms with Gasteiger partial charge in [-0.3, -0.25) is 0 Å². The van der Waals surface area contributed by atoms with Crippen LogP contribution in [0, 0.1) is 5.82 Å². The van der Waals surface area contributed by atoms with E-state index in [1.54, 1.807) is 12.1 Å². The molecule has 0 amide bonds. The van der Waals surface area contributed by atoms with Crippen molar-refractivity contribution in [3.8, 4) is 5.75 Å². The van der Waals surface area contributed by atoms with E-state index < -0.39 is 5.92 Å². The fourth-order valence-corrected chi connectivity index (χ4v) is 3.56. The summed E-state index contributed by atoms with van der Waals surface area (Å²) in [5, 5.41) is 9.79. The molecule has 0 heterocycles. The van der Waals surface area contributed by atoms with Crippen molar-refractivity contribution in [3.05, 3.63) is 76.5 Å². The smallest absolute Gasteiger partial charge is 0.130 e. The van der Waals surface area contributed by atoms with Crippen LogP contribution in [0.2, 0.25) is 0 Å². The molecule has 0 bridgehead atoms. The first-order valence-corrected chi connectivity index (χ1v) is 10.9. The third-order valence-corrected chi connectivity index (χ3v) is 5.47. The van der Waals surface area contributed by atoms with Gasteiger partial charge in [0.15, 0.2) is 0 Å². The standard InChI is InChI=1S/C24H31BrFNO2/c1-3-14-27(2)15-6-4-5-7-16-29-21-12-13-22(24(26)17-21)23(18-28)19-8-10-20(25)11-9-19/h3,8-13,17,23,28H,1,4-7,14-16,18H2,2H3/t23-/m0/s1. The van der Waals surface area contributed by atoms with Crippen molar-refractivity contribution in [1.82, 2.24) is 4.90 Å². The van der Waals surface area contributed by atoms with Crippen LogP contribution < -0.4 is 4.74 Å². The number of benzene rings is 2. The van der Waals surface area contributed by atoms with Gasteiger partial charge in [0, 0.05) is 23.0 Å². The summed E-state index contributed by atoms with van der Waals surface area (Å²) in [6.45, 7) is 6.17. The molecule has 5 heteroatoms. The highest BCUT2D eigenvalue weighted by molar-refractivity contribution is 9.10. The Morgan fingerprint density at radius 2 is 1.86 bits per heavy atom. The predicted molar refractivity (Wildman–Crippen MR) is 121 cm³/mol. The molecular weight excluding hydrogens is 433 g/mol. The first-order chi connectivity index (χ1) is 14.0. The van der Waals surface area contributed by atoms with Gasteiger partial charge in [-0.2, -0.15) is 0 Å². The van der Waals surface area contributed by atoms with Gasteiger partial charge in [-0.25, -0.2) is 4.39 Å². The number of hydrogen-bond acceptors (Lipinski definition) is 3. The van der Waals surface area contributed by atoms with Gasteiger partial charge < -0.3 is 14.7 Å². The summed E-state index contributed by atoms with van der Waals surface area (Å²) in [5.74, 6) is -0.212. The average Bonchev–Trinajstić information content (AvgIpc) is 2.70. The fourth-order valence-electron chi connectivity index (χ4n) is 3.30. The molecule has 0 saturated heterocycles. The van der Waals surface area contributed by atoms with Crippen molar-refractivity contribution in [2.45, 2.75) is 31.6 Å². The molecule has 0 saturated carbocycles. The number of unbranched alkanes of at least 4 members (excludes halogenated alkanes) is 3. The summed E-state index contributed by atoms with van der Waals surface area (Å²) in [6, 6.07) is 12.5. The Kier molecular flexibility index (Phi) is 10.4. The Hall–Kier alpha value is -1.69. The second kappa shape index (κ2) is 12.8.